The maximum atomic E-state index is 13.4. The van der Waals surface area contributed by atoms with E-state index < -0.39 is 29.8 Å². The van der Waals surface area contributed by atoms with Gasteiger partial charge in [-0.25, -0.2) is 22.5 Å². The van der Waals surface area contributed by atoms with Crippen LogP contribution in [0.5, 0.6) is 5.75 Å². The van der Waals surface area contributed by atoms with Crippen molar-refractivity contribution in [3.63, 3.8) is 0 Å². The molecule has 2 N–H and O–H groups in total. The zero-order chi connectivity index (χ0) is 19.3. The van der Waals surface area contributed by atoms with Gasteiger partial charge in [0.1, 0.15) is 23.7 Å². The van der Waals surface area contributed by atoms with Crippen molar-refractivity contribution in [3.05, 3.63) is 41.9 Å². The van der Waals surface area contributed by atoms with Crippen LogP contribution >= 0.6 is 0 Å². The van der Waals surface area contributed by atoms with E-state index in [2.05, 4.69) is 15.9 Å². The topological polar surface area (TPSA) is 61.0 Å². The summed E-state index contributed by atoms with van der Waals surface area (Å²) in [5.74, 6) is 2.25. The molecular formula is C18H17F4N3O. The maximum Gasteiger partial charge on any atom is 0.284 e. The number of terminal acetylenes is 1. The quantitative estimate of drug-likeness (QED) is 0.590. The van der Waals surface area contributed by atoms with Crippen molar-refractivity contribution < 1.29 is 22.3 Å². The second-order valence-corrected chi connectivity index (χ2v) is 5.97. The van der Waals surface area contributed by atoms with Crippen LogP contribution in [0, 0.1) is 12.3 Å². The Morgan fingerprint density at radius 1 is 1.23 bits per heavy atom. The van der Waals surface area contributed by atoms with Crippen molar-refractivity contribution in [2.45, 2.75) is 31.7 Å². The van der Waals surface area contributed by atoms with Crippen molar-refractivity contribution in [1.82, 2.24) is 9.97 Å². The van der Waals surface area contributed by atoms with Crippen molar-refractivity contribution in [3.8, 4) is 29.4 Å². The molecular weight excluding hydrogens is 350 g/mol. The molecule has 2 aromatic heterocycles. The first-order valence-electron chi connectivity index (χ1n) is 7.62. The zero-order valence-corrected chi connectivity index (χ0v) is 13.9. The van der Waals surface area contributed by atoms with Gasteiger partial charge in [-0.05, 0) is 31.2 Å². The SMILES string of the molecule is C#CC[C@](C)(N)COc1ccc(-c2ccnc(C(F)F)c2)nc1C(F)F. The molecule has 0 amide bonds. The summed E-state index contributed by atoms with van der Waals surface area (Å²) in [5, 5.41) is 0. The predicted molar refractivity (Wildman–Crippen MR) is 88.9 cm³/mol. The number of hydrogen-bond donors (Lipinski definition) is 1. The summed E-state index contributed by atoms with van der Waals surface area (Å²) in [5.41, 5.74) is 4.32. The summed E-state index contributed by atoms with van der Waals surface area (Å²) < 4.78 is 57.6. The lowest BCUT2D eigenvalue weighted by atomic mass is 10.0. The molecule has 0 saturated heterocycles. The molecule has 0 aliphatic rings. The van der Waals surface area contributed by atoms with Crippen molar-refractivity contribution >= 4 is 0 Å². The number of nitrogens with zero attached hydrogens (tertiary/aromatic N) is 2. The normalized spacial score (nSPS) is 13.5. The molecule has 0 saturated carbocycles. The standard InChI is InChI=1S/C18H17F4N3O/c1-3-7-18(2,23)10-26-14-5-4-12(25-15(14)17(21)22)11-6-8-24-13(9-11)16(19)20/h1,4-6,8-9,16-17H,7,10,23H2,2H3/t18-/m0/s1. The Balaban J connectivity index is 2.32. The average Bonchev–Trinajstić information content (AvgIpc) is 2.60. The number of pyridine rings is 2. The zero-order valence-electron chi connectivity index (χ0n) is 13.9. The first-order chi connectivity index (χ1) is 12.2. The van der Waals surface area contributed by atoms with Gasteiger partial charge in [-0.1, -0.05) is 0 Å². The number of alkyl halides is 4. The lowest BCUT2D eigenvalue weighted by molar-refractivity contribution is 0.136. The fourth-order valence-electron chi connectivity index (χ4n) is 2.16. The number of ether oxygens (including phenoxy) is 1. The molecule has 0 aliphatic carbocycles. The maximum absolute atomic E-state index is 13.4. The summed E-state index contributed by atoms with van der Waals surface area (Å²) in [6.07, 6.45) is 0.887. The van der Waals surface area contributed by atoms with Crippen molar-refractivity contribution in [1.29, 1.82) is 0 Å². The fourth-order valence-corrected chi connectivity index (χ4v) is 2.16. The van der Waals surface area contributed by atoms with Gasteiger partial charge >= 0.3 is 0 Å². The fraction of sp³-hybridized carbons (Fsp3) is 0.333. The van der Waals surface area contributed by atoms with Crippen LogP contribution in [0.4, 0.5) is 17.6 Å². The van der Waals surface area contributed by atoms with Crippen LogP contribution in [-0.4, -0.2) is 22.1 Å². The second-order valence-electron chi connectivity index (χ2n) is 5.97. The number of nitrogens with two attached hydrogens (primary N) is 1. The van der Waals surface area contributed by atoms with Crippen LogP contribution in [0.25, 0.3) is 11.3 Å². The van der Waals surface area contributed by atoms with Gasteiger partial charge in [0.2, 0.25) is 0 Å². The number of aromatic nitrogens is 2. The molecule has 0 radical (unpaired) electrons. The molecule has 2 aromatic rings. The highest BCUT2D eigenvalue weighted by molar-refractivity contribution is 5.60. The van der Waals surface area contributed by atoms with E-state index in [4.69, 9.17) is 16.9 Å². The van der Waals surface area contributed by atoms with Crippen LogP contribution in [0.15, 0.2) is 30.5 Å². The van der Waals surface area contributed by atoms with Crippen LogP contribution in [0.2, 0.25) is 0 Å². The van der Waals surface area contributed by atoms with Gasteiger partial charge in [-0.2, -0.15) is 0 Å². The molecule has 4 nitrogen and oxygen atoms in total. The molecule has 0 fully saturated rings. The molecule has 0 bridgehead atoms. The van der Waals surface area contributed by atoms with Crippen molar-refractivity contribution in [2.24, 2.45) is 5.73 Å². The summed E-state index contributed by atoms with van der Waals surface area (Å²) in [4.78, 5) is 7.39. The Kier molecular flexibility index (Phi) is 6.16. The molecule has 2 heterocycles. The summed E-state index contributed by atoms with van der Waals surface area (Å²) in [6, 6.07) is 5.22. The van der Waals surface area contributed by atoms with E-state index in [-0.39, 0.29) is 30.0 Å². The second kappa shape index (κ2) is 8.15. The Labute approximate surface area is 148 Å². The van der Waals surface area contributed by atoms with Gasteiger partial charge in [0.05, 0.1) is 11.2 Å². The summed E-state index contributed by atoms with van der Waals surface area (Å²) in [7, 11) is 0. The van der Waals surface area contributed by atoms with E-state index in [1.54, 1.807) is 6.92 Å². The number of rotatable bonds is 7. The van der Waals surface area contributed by atoms with E-state index in [1.807, 2.05) is 0 Å². The third kappa shape index (κ3) is 4.92. The van der Waals surface area contributed by atoms with Gasteiger partial charge in [0.15, 0.2) is 0 Å². The van der Waals surface area contributed by atoms with E-state index in [0.29, 0.717) is 0 Å². The molecule has 26 heavy (non-hydrogen) atoms. The Hall–Kier alpha value is -2.66. The number of hydrogen-bond acceptors (Lipinski definition) is 4. The van der Waals surface area contributed by atoms with Crippen LogP contribution in [0.3, 0.4) is 0 Å². The minimum absolute atomic E-state index is 0.0806. The summed E-state index contributed by atoms with van der Waals surface area (Å²) >= 11 is 0. The predicted octanol–water partition coefficient (Wildman–Crippen LogP) is 4.14. The first-order valence-corrected chi connectivity index (χ1v) is 7.62. The van der Waals surface area contributed by atoms with Crippen LogP contribution < -0.4 is 10.5 Å². The highest BCUT2D eigenvalue weighted by atomic mass is 19.3. The minimum atomic E-state index is -2.92. The lowest BCUT2D eigenvalue weighted by Gasteiger charge is -2.23. The smallest absolute Gasteiger partial charge is 0.284 e. The van der Waals surface area contributed by atoms with E-state index in [9.17, 15) is 17.6 Å². The Morgan fingerprint density at radius 3 is 2.58 bits per heavy atom. The third-order valence-corrected chi connectivity index (χ3v) is 3.46. The van der Waals surface area contributed by atoms with Gasteiger partial charge in [-0.3, -0.25) is 4.98 Å². The van der Waals surface area contributed by atoms with Gasteiger partial charge in [0, 0.05) is 18.2 Å². The molecule has 1 atom stereocenters. The van der Waals surface area contributed by atoms with Gasteiger partial charge < -0.3 is 10.5 Å². The Bertz CT molecular complexity index is 803. The van der Waals surface area contributed by atoms with Crippen LogP contribution in [-0.2, 0) is 0 Å². The molecule has 0 aromatic carbocycles. The third-order valence-electron chi connectivity index (χ3n) is 3.46. The lowest BCUT2D eigenvalue weighted by Crippen LogP contribution is -2.42. The molecule has 0 unspecified atom stereocenters. The van der Waals surface area contributed by atoms with Crippen molar-refractivity contribution in [2.75, 3.05) is 6.61 Å². The Morgan fingerprint density at radius 2 is 1.96 bits per heavy atom. The largest absolute Gasteiger partial charge is 0.490 e. The molecule has 8 heteroatoms. The highest BCUT2D eigenvalue weighted by Crippen LogP contribution is 2.31. The van der Waals surface area contributed by atoms with Gasteiger partial charge in [0.25, 0.3) is 12.9 Å². The monoisotopic (exact) mass is 367 g/mol. The first kappa shape index (κ1) is 19.7. The average molecular weight is 367 g/mol. The summed E-state index contributed by atoms with van der Waals surface area (Å²) in [6.45, 7) is 1.56. The minimum Gasteiger partial charge on any atom is -0.490 e. The van der Waals surface area contributed by atoms with E-state index >= 15 is 0 Å². The van der Waals surface area contributed by atoms with Gasteiger partial charge in [-0.15, -0.1) is 12.3 Å². The molecule has 0 spiro atoms. The number of halogens is 4. The highest BCUT2D eigenvalue weighted by Gasteiger charge is 2.22. The molecule has 0 aliphatic heterocycles. The van der Waals surface area contributed by atoms with E-state index in [0.717, 1.165) is 6.07 Å². The van der Waals surface area contributed by atoms with Crippen LogP contribution in [0.1, 0.15) is 37.6 Å². The molecule has 2 rings (SSSR count). The molecule has 138 valence electrons. The van der Waals surface area contributed by atoms with E-state index in [1.165, 1.54) is 24.4 Å².